The summed E-state index contributed by atoms with van der Waals surface area (Å²) < 4.78 is 7.57. The number of carbonyl (C=O) groups excluding carboxylic acids is 1. The number of amides is 1. The van der Waals surface area contributed by atoms with Gasteiger partial charge in [0, 0.05) is 24.5 Å². The van der Waals surface area contributed by atoms with Crippen molar-refractivity contribution in [1.29, 1.82) is 0 Å². The van der Waals surface area contributed by atoms with Crippen LogP contribution in [0.25, 0.3) is 0 Å². The standard InChI is InChI=1S/C19H26N4O2/c1-2-3-12-25-17-8-4-6-15(13-17)21-19(24)18-9-11-23(22-18)16-7-5-10-20-14-16/h4,6,8-9,11,13,16,20H,2-3,5,7,10,12,14H2,1H3,(H,21,24). The van der Waals surface area contributed by atoms with Crippen molar-refractivity contribution in [2.24, 2.45) is 0 Å². The van der Waals surface area contributed by atoms with Gasteiger partial charge in [-0.05, 0) is 44.0 Å². The molecule has 1 aliphatic heterocycles. The second-order valence-electron chi connectivity index (χ2n) is 6.37. The molecule has 1 unspecified atom stereocenters. The zero-order valence-electron chi connectivity index (χ0n) is 14.7. The number of hydrogen-bond donors (Lipinski definition) is 2. The molecule has 0 saturated carbocycles. The van der Waals surface area contributed by atoms with Crippen LogP contribution >= 0.6 is 0 Å². The van der Waals surface area contributed by atoms with Gasteiger partial charge in [0.1, 0.15) is 5.75 Å². The number of piperidine rings is 1. The second-order valence-corrected chi connectivity index (χ2v) is 6.37. The molecule has 3 rings (SSSR count). The lowest BCUT2D eigenvalue weighted by molar-refractivity contribution is 0.102. The quantitative estimate of drug-likeness (QED) is 0.758. The third kappa shape index (κ3) is 4.82. The monoisotopic (exact) mass is 342 g/mol. The Bertz CT molecular complexity index is 692. The maximum absolute atomic E-state index is 12.4. The molecule has 25 heavy (non-hydrogen) atoms. The number of rotatable bonds is 7. The summed E-state index contributed by atoms with van der Waals surface area (Å²) in [5, 5.41) is 10.7. The molecule has 2 heterocycles. The van der Waals surface area contributed by atoms with Crippen LogP contribution in [0.1, 0.15) is 49.1 Å². The molecule has 1 atom stereocenters. The maximum atomic E-state index is 12.4. The normalized spacial score (nSPS) is 17.2. The van der Waals surface area contributed by atoms with Crippen molar-refractivity contribution in [3.8, 4) is 5.75 Å². The summed E-state index contributed by atoms with van der Waals surface area (Å²) in [6.45, 7) is 4.78. The molecule has 134 valence electrons. The lowest BCUT2D eigenvalue weighted by atomic mass is 10.1. The van der Waals surface area contributed by atoms with Crippen molar-refractivity contribution < 1.29 is 9.53 Å². The van der Waals surface area contributed by atoms with Gasteiger partial charge in [-0.15, -0.1) is 0 Å². The van der Waals surface area contributed by atoms with Crippen molar-refractivity contribution in [2.75, 3.05) is 25.0 Å². The highest BCUT2D eigenvalue weighted by Gasteiger charge is 2.17. The summed E-state index contributed by atoms with van der Waals surface area (Å²) in [6.07, 6.45) is 6.22. The average Bonchev–Trinajstić information content (AvgIpc) is 3.13. The molecule has 1 aromatic carbocycles. The number of hydrogen-bond acceptors (Lipinski definition) is 4. The molecule has 6 nitrogen and oxygen atoms in total. The zero-order chi connectivity index (χ0) is 17.5. The minimum absolute atomic E-state index is 0.201. The molecule has 1 aliphatic rings. The molecule has 2 N–H and O–H groups in total. The van der Waals surface area contributed by atoms with Gasteiger partial charge in [0.2, 0.25) is 0 Å². The molecular formula is C19H26N4O2. The Morgan fingerprint density at radius 2 is 2.36 bits per heavy atom. The minimum atomic E-state index is -0.201. The van der Waals surface area contributed by atoms with Crippen molar-refractivity contribution in [1.82, 2.24) is 15.1 Å². The SMILES string of the molecule is CCCCOc1cccc(NC(=O)c2ccn(C3CCCNC3)n2)c1. The van der Waals surface area contributed by atoms with E-state index in [2.05, 4.69) is 22.7 Å². The lowest BCUT2D eigenvalue weighted by Crippen LogP contribution is -2.32. The van der Waals surface area contributed by atoms with Crippen molar-refractivity contribution in [3.63, 3.8) is 0 Å². The number of benzene rings is 1. The third-order valence-corrected chi connectivity index (χ3v) is 4.34. The van der Waals surface area contributed by atoms with Gasteiger partial charge in [-0.25, -0.2) is 0 Å². The molecule has 1 amide bonds. The van der Waals surface area contributed by atoms with Gasteiger partial charge in [0.25, 0.3) is 5.91 Å². The summed E-state index contributed by atoms with van der Waals surface area (Å²) in [7, 11) is 0. The van der Waals surface area contributed by atoms with E-state index in [-0.39, 0.29) is 5.91 Å². The number of carbonyl (C=O) groups is 1. The Labute approximate surface area is 148 Å². The van der Waals surface area contributed by atoms with Crippen LogP contribution < -0.4 is 15.4 Å². The fraction of sp³-hybridized carbons (Fsp3) is 0.474. The molecule has 0 radical (unpaired) electrons. The van der Waals surface area contributed by atoms with E-state index in [1.54, 1.807) is 6.07 Å². The molecule has 1 aromatic heterocycles. The third-order valence-electron chi connectivity index (χ3n) is 4.34. The van der Waals surface area contributed by atoms with Crippen LogP contribution in [0.2, 0.25) is 0 Å². The number of aromatic nitrogens is 2. The van der Waals surface area contributed by atoms with E-state index >= 15 is 0 Å². The Kier molecular flexibility index (Phi) is 6.06. The first-order chi connectivity index (χ1) is 12.3. The summed E-state index contributed by atoms with van der Waals surface area (Å²) in [4.78, 5) is 12.4. The largest absolute Gasteiger partial charge is 0.494 e. The van der Waals surface area contributed by atoms with E-state index < -0.39 is 0 Å². The summed E-state index contributed by atoms with van der Waals surface area (Å²) in [5.74, 6) is 0.568. The highest BCUT2D eigenvalue weighted by atomic mass is 16.5. The summed E-state index contributed by atoms with van der Waals surface area (Å²) in [6, 6.07) is 9.57. The average molecular weight is 342 g/mol. The van der Waals surface area contributed by atoms with Gasteiger partial charge in [-0.1, -0.05) is 19.4 Å². The van der Waals surface area contributed by atoms with Crippen LogP contribution in [-0.4, -0.2) is 35.4 Å². The number of unbranched alkanes of at least 4 members (excludes halogenated alkanes) is 1. The van der Waals surface area contributed by atoms with Crippen LogP contribution in [0.3, 0.4) is 0 Å². The Morgan fingerprint density at radius 3 is 3.16 bits per heavy atom. The van der Waals surface area contributed by atoms with Crippen molar-refractivity contribution in [2.45, 2.75) is 38.6 Å². The van der Waals surface area contributed by atoms with Crippen LogP contribution in [0.4, 0.5) is 5.69 Å². The molecule has 0 aliphatic carbocycles. The molecule has 2 aromatic rings. The summed E-state index contributed by atoms with van der Waals surface area (Å²) in [5.41, 5.74) is 1.15. The predicted molar refractivity (Wildman–Crippen MR) is 98.2 cm³/mol. The molecule has 0 spiro atoms. The minimum Gasteiger partial charge on any atom is -0.494 e. The Hall–Kier alpha value is -2.34. The first-order valence-corrected chi connectivity index (χ1v) is 9.06. The second kappa shape index (κ2) is 8.67. The van der Waals surface area contributed by atoms with E-state index in [9.17, 15) is 4.79 Å². The van der Waals surface area contributed by atoms with E-state index in [0.717, 1.165) is 44.5 Å². The fourth-order valence-corrected chi connectivity index (χ4v) is 2.91. The highest BCUT2D eigenvalue weighted by Crippen LogP contribution is 2.19. The number of nitrogens with one attached hydrogen (secondary N) is 2. The first-order valence-electron chi connectivity index (χ1n) is 9.06. The molecule has 0 bridgehead atoms. The number of anilines is 1. The van der Waals surface area contributed by atoms with Crippen LogP contribution in [0.15, 0.2) is 36.5 Å². The van der Waals surface area contributed by atoms with E-state index in [1.807, 2.05) is 35.1 Å². The highest BCUT2D eigenvalue weighted by molar-refractivity contribution is 6.02. The fourth-order valence-electron chi connectivity index (χ4n) is 2.91. The maximum Gasteiger partial charge on any atom is 0.276 e. The smallest absolute Gasteiger partial charge is 0.276 e. The topological polar surface area (TPSA) is 68.2 Å². The van der Waals surface area contributed by atoms with Gasteiger partial charge in [-0.2, -0.15) is 5.10 Å². The van der Waals surface area contributed by atoms with E-state index in [4.69, 9.17) is 4.74 Å². The van der Waals surface area contributed by atoms with Crippen LogP contribution in [0.5, 0.6) is 5.75 Å². The van der Waals surface area contributed by atoms with Crippen LogP contribution in [0, 0.1) is 0 Å². The van der Waals surface area contributed by atoms with Crippen molar-refractivity contribution >= 4 is 11.6 Å². The number of nitrogens with zero attached hydrogens (tertiary/aromatic N) is 2. The molecular weight excluding hydrogens is 316 g/mol. The molecule has 1 fully saturated rings. The molecule has 6 heteroatoms. The van der Waals surface area contributed by atoms with Gasteiger partial charge in [0.05, 0.1) is 12.6 Å². The first kappa shape index (κ1) is 17.5. The van der Waals surface area contributed by atoms with E-state index in [1.165, 1.54) is 0 Å². The lowest BCUT2D eigenvalue weighted by Gasteiger charge is -2.22. The van der Waals surface area contributed by atoms with Gasteiger partial charge >= 0.3 is 0 Å². The van der Waals surface area contributed by atoms with Gasteiger partial charge < -0.3 is 15.4 Å². The Balaban J connectivity index is 1.60. The number of ether oxygens (including phenoxy) is 1. The summed E-state index contributed by atoms with van der Waals surface area (Å²) >= 11 is 0. The Morgan fingerprint density at radius 1 is 1.44 bits per heavy atom. The zero-order valence-corrected chi connectivity index (χ0v) is 14.7. The van der Waals surface area contributed by atoms with Crippen LogP contribution in [-0.2, 0) is 0 Å². The van der Waals surface area contributed by atoms with Gasteiger partial charge in [-0.3, -0.25) is 9.48 Å². The van der Waals surface area contributed by atoms with Crippen molar-refractivity contribution in [3.05, 3.63) is 42.2 Å². The van der Waals surface area contributed by atoms with Gasteiger partial charge in [0.15, 0.2) is 5.69 Å². The van der Waals surface area contributed by atoms with E-state index in [0.29, 0.717) is 24.0 Å². The predicted octanol–water partition coefficient (Wildman–Crippen LogP) is 3.24. The molecule has 1 saturated heterocycles.